The fourth-order valence-electron chi connectivity index (χ4n) is 4.01. The Balaban J connectivity index is 1.39. The minimum Gasteiger partial charge on any atom is -0.388 e. The molecule has 2 heterocycles. The molecule has 5 nitrogen and oxygen atoms in total. The minimum atomic E-state index is -0.426. The van der Waals surface area contributed by atoms with E-state index in [-0.39, 0.29) is 17.8 Å². The third-order valence-corrected chi connectivity index (χ3v) is 5.92. The molecule has 2 aromatic carbocycles. The summed E-state index contributed by atoms with van der Waals surface area (Å²) in [6, 6.07) is 14.7. The van der Waals surface area contributed by atoms with Crippen molar-refractivity contribution >= 4 is 0 Å². The van der Waals surface area contributed by atoms with Gasteiger partial charge < -0.3 is 9.63 Å². The fraction of sp³-hybridized carbons (Fsp3) is 0.391. The third-order valence-electron chi connectivity index (χ3n) is 5.92. The lowest BCUT2D eigenvalue weighted by Gasteiger charge is -2.36. The molecule has 0 spiro atoms. The van der Waals surface area contributed by atoms with Gasteiger partial charge in [0.05, 0.1) is 12.1 Å². The van der Waals surface area contributed by atoms with Crippen molar-refractivity contribution < 1.29 is 14.0 Å². The minimum absolute atomic E-state index is 0.00684. The second-order valence-electron chi connectivity index (χ2n) is 7.83. The van der Waals surface area contributed by atoms with Crippen LogP contribution in [0.3, 0.4) is 0 Å². The Morgan fingerprint density at radius 3 is 2.55 bits per heavy atom. The smallest absolute Gasteiger partial charge is 0.244 e. The molecule has 0 amide bonds. The van der Waals surface area contributed by atoms with Crippen molar-refractivity contribution in [1.82, 2.24) is 15.0 Å². The highest BCUT2D eigenvalue weighted by molar-refractivity contribution is 5.55. The van der Waals surface area contributed by atoms with E-state index in [1.54, 1.807) is 19.1 Å². The number of nitrogens with zero attached hydrogens (tertiary/aromatic N) is 3. The number of rotatable bonds is 5. The van der Waals surface area contributed by atoms with E-state index in [0.29, 0.717) is 17.3 Å². The molecule has 1 aliphatic rings. The molecule has 1 fully saturated rings. The summed E-state index contributed by atoms with van der Waals surface area (Å²) in [5, 5.41) is 14.8. The average Bonchev–Trinajstić information content (AvgIpc) is 3.25. The van der Waals surface area contributed by atoms with Gasteiger partial charge in [0.25, 0.3) is 0 Å². The van der Waals surface area contributed by atoms with Crippen molar-refractivity contribution in [2.24, 2.45) is 5.92 Å². The monoisotopic (exact) mass is 395 g/mol. The molecule has 1 aliphatic heterocycles. The molecule has 3 aromatic rings. The molecule has 0 bridgehead atoms. The SMILES string of the molecule is Cc1cc(-c2noc(C(C)N3CCC(C(O)c4ccccc4)CC3)n2)ccc1F. The zero-order chi connectivity index (χ0) is 20.4. The van der Waals surface area contributed by atoms with E-state index < -0.39 is 6.10 Å². The molecule has 4 rings (SSSR count). The zero-order valence-corrected chi connectivity index (χ0v) is 16.8. The van der Waals surface area contributed by atoms with Gasteiger partial charge in [0, 0.05) is 5.56 Å². The summed E-state index contributed by atoms with van der Waals surface area (Å²) in [6.45, 7) is 5.50. The van der Waals surface area contributed by atoms with Gasteiger partial charge in [-0.25, -0.2) is 4.39 Å². The number of benzene rings is 2. The van der Waals surface area contributed by atoms with Crippen molar-refractivity contribution in [2.75, 3.05) is 13.1 Å². The Hall–Kier alpha value is -2.57. The normalized spacial score (nSPS) is 17.9. The Bertz CT molecular complexity index is 952. The average molecular weight is 395 g/mol. The second kappa shape index (κ2) is 8.43. The van der Waals surface area contributed by atoms with Gasteiger partial charge in [-0.05, 0) is 75.0 Å². The maximum Gasteiger partial charge on any atom is 0.244 e. The summed E-state index contributed by atoms with van der Waals surface area (Å²) >= 11 is 0. The molecule has 1 saturated heterocycles. The number of aliphatic hydroxyl groups excluding tert-OH is 1. The van der Waals surface area contributed by atoms with Gasteiger partial charge in [-0.1, -0.05) is 35.5 Å². The first-order valence-electron chi connectivity index (χ1n) is 10.1. The van der Waals surface area contributed by atoms with Crippen LogP contribution in [0, 0.1) is 18.7 Å². The first-order valence-corrected chi connectivity index (χ1v) is 10.1. The number of aliphatic hydroxyl groups is 1. The third kappa shape index (κ3) is 4.23. The van der Waals surface area contributed by atoms with Crippen molar-refractivity contribution in [2.45, 2.75) is 38.8 Å². The van der Waals surface area contributed by atoms with Crippen LogP contribution in [0.1, 0.15) is 48.9 Å². The number of likely N-dealkylation sites (tertiary alicyclic amines) is 1. The second-order valence-corrected chi connectivity index (χ2v) is 7.83. The van der Waals surface area contributed by atoms with Crippen molar-refractivity contribution in [3.63, 3.8) is 0 Å². The van der Waals surface area contributed by atoms with Crippen LogP contribution in [-0.2, 0) is 0 Å². The summed E-state index contributed by atoms with van der Waals surface area (Å²) in [7, 11) is 0. The highest BCUT2D eigenvalue weighted by atomic mass is 19.1. The Morgan fingerprint density at radius 2 is 1.86 bits per heavy atom. The Labute approximate surface area is 170 Å². The number of halogens is 1. The van der Waals surface area contributed by atoms with E-state index in [2.05, 4.69) is 22.0 Å². The van der Waals surface area contributed by atoms with Crippen LogP contribution in [0.15, 0.2) is 53.1 Å². The first kappa shape index (κ1) is 19.7. The standard InChI is InChI=1S/C23H26FN3O2/c1-15-14-19(8-9-20(15)24)22-25-23(29-26-22)16(2)27-12-10-18(11-13-27)21(28)17-6-4-3-5-7-17/h3-9,14,16,18,21,28H,10-13H2,1-2H3. The largest absolute Gasteiger partial charge is 0.388 e. The van der Waals surface area contributed by atoms with Gasteiger partial charge >= 0.3 is 0 Å². The molecule has 2 atom stereocenters. The van der Waals surface area contributed by atoms with E-state index >= 15 is 0 Å². The molecule has 1 aromatic heterocycles. The summed E-state index contributed by atoms with van der Waals surface area (Å²) in [5.74, 6) is 1.04. The number of aromatic nitrogens is 2. The molecular formula is C23H26FN3O2. The van der Waals surface area contributed by atoms with Gasteiger partial charge in [-0.3, -0.25) is 4.90 Å². The number of hydrogen-bond donors (Lipinski definition) is 1. The first-order chi connectivity index (χ1) is 14.0. The Kier molecular flexibility index (Phi) is 5.74. The van der Waals surface area contributed by atoms with Gasteiger partial charge in [0.15, 0.2) is 0 Å². The number of piperidine rings is 1. The van der Waals surface area contributed by atoms with Gasteiger partial charge in [0.2, 0.25) is 11.7 Å². The van der Waals surface area contributed by atoms with Crippen LogP contribution in [0.2, 0.25) is 0 Å². The lowest BCUT2D eigenvalue weighted by atomic mass is 9.87. The summed E-state index contributed by atoms with van der Waals surface area (Å²) < 4.78 is 19.0. The van der Waals surface area contributed by atoms with Gasteiger partial charge in [-0.15, -0.1) is 0 Å². The van der Waals surface area contributed by atoms with Crippen LogP contribution >= 0.6 is 0 Å². The van der Waals surface area contributed by atoms with E-state index in [0.717, 1.165) is 37.1 Å². The van der Waals surface area contributed by atoms with Crippen LogP contribution in [-0.4, -0.2) is 33.2 Å². The molecule has 6 heteroatoms. The maximum absolute atomic E-state index is 13.5. The van der Waals surface area contributed by atoms with Crippen LogP contribution < -0.4 is 0 Å². The predicted octanol–water partition coefficient (Wildman–Crippen LogP) is 4.69. The van der Waals surface area contributed by atoms with E-state index in [1.165, 1.54) is 6.07 Å². The lowest BCUT2D eigenvalue weighted by molar-refractivity contribution is 0.0420. The summed E-state index contributed by atoms with van der Waals surface area (Å²) in [6.07, 6.45) is 1.40. The van der Waals surface area contributed by atoms with E-state index in [9.17, 15) is 9.50 Å². The summed E-state index contributed by atoms with van der Waals surface area (Å²) in [4.78, 5) is 6.84. The highest BCUT2D eigenvalue weighted by Crippen LogP contribution is 2.33. The summed E-state index contributed by atoms with van der Waals surface area (Å²) in [5.41, 5.74) is 2.28. The Morgan fingerprint density at radius 1 is 1.14 bits per heavy atom. The lowest BCUT2D eigenvalue weighted by Crippen LogP contribution is -2.37. The van der Waals surface area contributed by atoms with Crippen LogP contribution in [0.25, 0.3) is 11.4 Å². The van der Waals surface area contributed by atoms with Crippen molar-refractivity contribution in [3.05, 3.63) is 71.4 Å². The zero-order valence-electron chi connectivity index (χ0n) is 16.8. The molecule has 29 heavy (non-hydrogen) atoms. The predicted molar refractivity (Wildman–Crippen MR) is 109 cm³/mol. The highest BCUT2D eigenvalue weighted by Gasteiger charge is 2.30. The van der Waals surface area contributed by atoms with Crippen LogP contribution in [0.4, 0.5) is 4.39 Å². The van der Waals surface area contributed by atoms with Gasteiger partial charge in [-0.2, -0.15) is 4.98 Å². The molecule has 152 valence electrons. The molecule has 1 N–H and O–H groups in total. The number of aryl methyl sites for hydroxylation is 1. The molecule has 0 saturated carbocycles. The van der Waals surface area contributed by atoms with Crippen LogP contribution in [0.5, 0.6) is 0 Å². The van der Waals surface area contributed by atoms with Crippen molar-refractivity contribution in [1.29, 1.82) is 0 Å². The van der Waals surface area contributed by atoms with Crippen molar-refractivity contribution in [3.8, 4) is 11.4 Å². The quantitative estimate of drug-likeness (QED) is 0.679. The maximum atomic E-state index is 13.5. The van der Waals surface area contributed by atoms with Gasteiger partial charge in [0.1, 0.15) is 5.82 Å². The molecule has 0 aliphatic carbocycles. The van der Waals surface area contributed by atoms with E-state index in [1.807, 2.05) is 30.3 Å². The van der Waals surface area contributed by atoms with E-state index in [4.69, 9.17) is 4.52 Å². The fourth-order valence-corrected chi connectivity index (χ4v) is 4.01. The number of hydrogen-bond acceptors (Lipinski definition) is 5. The molecule has 2 unspecified atom stereocenters. The topological polar surface area (TPSA) is 62.4 Å². The molecule has 0 radical (unpaired) electrons. The molecular weight excluding hydrogens is 369 g/mol.